The highest BCUT2D eigenvalue weighted by Crippen LogP contribution is 2.27. The molecule has 1 fully saturated rings. The predicted molar refractivity (Wildman–Crippen MR) is 124 cm³/mol. The maximum absolute atomic E-state index is 12.6. The van der Waals surface area contributed by atoms with Gasteiger partial charge >= 0.3 is 0 Å². The molecule has 4 N–H and O–H groups in total. The summed E-state index contributed by atoms with van der Waals surface area (Å²) in [5, 5.41) is 19.2. The molecule has 0 saturated heterocycles. The van der Waals surface area contributed by atoms with Gasteiger partial charge in [0.25, 0.3) is 0 Å². The predicted octanol–water partition coefficient (Wildman–Crippen LogP) is 3.57. The highest BCUT2D eigenvalue weighted by atomic mass is 16.3. The summed E-state index contributed by atoms with van der Waals surface area (Å²) in [6, 6.07) is 17.1. The standard InChI is InChI=1S/C24H28N6O2/c1-25-23-28-21(16-7-3-2-4-8-16)29-24(30-23)27-19-13-11-17(12-14-19)22(32)26-15-18-9-5-6-10-20(18)31/h2-10,17,19,31H,11-15H2,1H3,(H,26,32)(H2,25,27,28,29,30). The first kappa shape index (κ1) is 21.5. The molecule has 0 radical (unpaired) electrons. The molecule has 1 aromatic heterocycles. The first-order valence-corrected chi connectivity index (χ1v) is 10.9. The Morgan fingerprint density at radius 1 is 0.938 bits per heavy atom. The Bertz CT molecular complexity index is 1050. The third-order valence-corrected chi connectivity index (χ3v) is 5.77. The molecule has 0 aliphatic heterocycles. The van der Waals surface area contributed by atoms with Crippen LogP contribution >= 0.6 is 0 Å². The van der Waals surface area contributed by atoms with Gasteiger partial charge in [0, 0.05) is 36.7 Å². The molecule has 3 aromatic rings. The molecule has 0 unspecified atom stereocenters. The number of hydrogen-bond acceptors (Lipinski definition) is 7. The first-order chi connectivity index (χ1) is 15.6. The zero-order valence-corrected chi connectivity index (χ0v) is 18.1. The van der Waals surface area contributed by atoms with Gasteiger partial charge in [0.05, 0.1) is 0 Å². The normalized spacial score (nSPS) is 18.0. The van der Waals surface area contributed by atoms with Crippen LogP contribution in [0.1, 0.15) is 31.2 Å². The smallest absolute Gasteiger partial charge is 0.228 e. The largest absolute Gasteiger partial charge is 0.508 e. The number of phenols is 1. The molecule has 32 heavy (non-hydrogen) atoms. The van der Waals surface area contributed by atoms with Gasteiger partial charge in [0.15, 0.2) is 5.82 Å². The Labute approximate surface area is 187 Å². The number of anilines is 2. The van der Waals surface area contributed by atoms with Crippen LogP contribution < -0.4 is 16.0 Å². The number of para-hydroxylation sites is 1. The number of carbonyl (C=O) groups excluding carboxylic acids is 1. The van der Waals surface area contributed by atoms with Gasteiger partial charge in [-0.05, 0) is 31.7 Å². The Kier molecular flexibility index (Phi) is 6.79. The summed E-state index contributed by atoms with van der Waals surface area (Å²) in [6.07, 6.45) is 3.30. The van der Waals surface area contributed by atoms with Crippen LogP contribution in [-0.4, -0.2) is 39.1 Å². The number of aromatic nitrogens is 3. The van der Waals surface area contributed by atoms with Gasteiger partial charge in [0.2, 0.25) is 17.8 Å². The molecule has 0 atom stereocenters. The second-order valence-corrected chi connectivity index (χ2v) is 7.96. The Morgan fingerprint density at radius 2 is 1.62 bits per heavy atom. The van der Waals surface area contributed by atoms with Gasteiger partial charge in [-0.1, -0.05) is 48.5 Å². The van der Waals surface area contributed by atoms with E-state index >= 15 is 0 Å². The van der Waals surface area contributed by atoms with Crippen molar-refractivity contribution < 1.29 is 9.90 Å². The van der Waals surface area contributed by atoms with Gasteiger partial charge < -0.3 is 21.1 Å². The van der Waals surface area contributed by atoms with E-state index in [1.807, 2.05) is 42.5 Å². The van der Waals surface area contributed by atoms with Gasteiger partial charge in [0.1, 0.15) is 5.75 Å². The maximum Gasteiger partial charge on any atom is 0.228 e. The zero-order valence-electron chi connectivity index (χ0n) is 18.1. The van der Waals surface area contributed by atoms with Crippen LogP contribution in [0, 0.1) is 5.92 Å². The van der Waals surface area contributed by atoms with E-state index in [-0.39, 0.29) is 23.6 Å². The van der Waals surface area contributed by atoms with Crippen LogP contribution in [0.15, 0.2) is 54.6 Å². The lowest BCUT2D eigenvalue weighted by molar-refractivity contribution is -0.126. The lowest BCUT2D eigenvalue weighted by Crippen LogP contribution is -2.35. The average molecular weight is 433 g/mol. The number of phenolic OH excluding ortho intramolecular Hbond substituents is 1. The van der Waals surface area contributed by atoms with Crippen LogP contribution in [0.25, 0.3) is 11.4 Å². The monoisotopic (exact) mass is 432 g/mol. The number of nitrogens with zero attached hydrogens (tertiary/aromatic N) is 3. The summed E-state index contributed by atoms with van der Waals surface area (Å²) in [6.45, 7) is 0.337. The zero-order chi connectivity index (χ0) is 22.3. The van der Waals surface area contributed by atoms with Crippen LogP contribution in [-0.2, 0) is 11.3 Å². The summed E-state index contributed by atoms with van der Waals surface area (Å²) in [5.41, 5.74) is 1.65. The van der Waals surface area contributed by atoms with Crippen molar-refractivity contribution >= 4 is 17.8 Å². The maximum atomic E-state index is 12.6. The van der Waals surface area contributed by atoms with Crippen LogP contribution in [0.2, 0.25) is 0 Å². The SMILES string of the molecule is CNc1nc(NC2CCC(C(=O)NCc3ccccc3O)CC2)nc(-c2ccccc2)n1. The van der Waals surface area contributed by atoms with E-state index in [1.165, 1.54) is 0 Å². The molecule has 8 heteroatoms. The number of nitrogens with one attached hydrogen (secondary N) is 3. The lowest BCUT2D eigenvalue weighted by Gasteiger charge is -2.28. The topological polar surface area (TPSA) is 112 Å². The number of hydrogen-bond donors (Lipinski definition) is 4. The highest BCUT2D eigenvalue weighted by molar-refractivity contribution is 5.78. The van der Waals surface area contributed by atoms with Crippen molar-refractivity contribution in [2.45, 2.75) is 38.3 Å². The minimum absolute atomic E-state index is 0.0231. The summed E-state index contributed by atoms with van der Waals surface area (Å²) < 4.78 is 0. The summed E-state index contributed by atoms with van der Waals surface area (Å²) in [4.78, 5) is 26.1. The number of rotatable bonds is 7. The molecule has 8 nitrogen and oxygen atoms in total. The second-order valence-electron chi connectivity index (χ2n) is 7.96. The molecule has 1 heterocycles. The third-order valence-electron chi connectivity index (χ3n) is 5.77. The minimum Gasteiger partial charge on any atom is -0.508 e. The van der Waals surface area contributed by atoms with Crippen molar-refractivity contribution in [3.63, 3.8) is 0 Å². The fourth-order valence-corrected chi connectivity index (χ4v) is 3.94. The molecule has 2 aromatic carbocycles. The van der Waals surface area contributed by atoms with E-state index in [4.69, 9.17) is 0 Å². The highest BCUT2D eigenvalue weighted by Gasteiger charge is 2.27. The lowest BCUT2D eigenvalue weighted by atomic mass is 9.85. The molecular formula is C24H28N6O2. The Balaban J connectivity index is 1.33. The van der Waals surface area contributed by atoms with E-state index < -0.39 is 0 Å². The number of aromatic hydroxyl groups is 1. The fraction of sp³-hybridized carbons (Fsp3) is 0.333. The molecule has 4 rings (SSSR count). The van der Waals surface area contributed by atoms with Crippen molar-refractivity contribution in [1.29, 1.82) is 0 Å². The molecular weight excluding hydrogens is 404 g/mol. The third kappa shape index (κ3) is 5.32. The molecule has 0 bridgehead atoms. The first-order valence-electron chi connectivity index (χ1n) is 10.9. The van der Waals surface area contributed by atoms with Crippen molar-refractivity contribution in [2.75, 3.05) is 17.7 Å². The molecule has 1 saturated carbocycles. The average Bonchev–Trinajstić information content (AvgIpc) is 2.84. The van der Waals surface area contributed by atoms with E-state index in [9.17, 15) is 9.90 Å². The number of benzene rings is 2. The van der Waals surface area contributed by atoms with Gasteiger partial charge in [-0.3, -0.25) is 4.79 Å². The van der Waals surface area contributed by atoms with E-state index in [0.29, 0.717) is 24.3 Å². The second kappa shape index (κ2) is 10.1. The van der Waals surface area contributed by atoms with Crippen molar-refractivity contribution in [3.8, 4) is 17.1 Å². The fourth-order valence-electron chi connectivity index (χ4n) is 3.94. The summed E-state index contributed by atoms with van der Waals surface area (Å²) in [7, 11) is 1.78. The van der Waals surface area contributed by atoms with Crippen molar-refractivity contribution in [2.24, 2.45) is 5.92 Å². The van der Waals surface area contributed by atoms with Crippen LogP contribution in [0.5, 0.6) is 5.75 Å². The van der Waals surface area contributed by atoms with E-state index in [0.717, 1.165) is 36.8 Å². The van der Waals surface area contributed by atoms with Crippen LogP contribution in [0.3, 0.4) is 0 Å². The minimum atomic E-state index is -0.0231. The Morgan fingerprint density at radius 3 is 2.34 bits per heavy atom. The Hall–Kier alpha value is -3.68. The van der Waals surface area contributed by atoms with Gasteiger partial charge in [-0.2, -0.15) is 15.0 Å². The molecule has 1 amide bonds. The van der Waals surface area contributed by atoms with Crippen molar-refractivity contribution in [1.82, 2.24) is 20.3 Å². The quantitative estimate of drug-likeness (QED) is 0.451. The van der Waals surface area contributed by atoms with Crippen LogP contribution in [0.4, 0.5) is 11.9 Å². The summed E-state index contributed by atoms with van der Waals surface area (Å²) >= 11 is 0. The molecule has 1 aliphatic rings. The van der Waals surface area contributed by atoms with Gasteiger partial charge in [-0.15, -0.1) is 0 Å². The molecule has 1 aliphatic carbocycles. The van der Waals surface area contributed by atoms with Gasteiger partial charge in [-0.25, -0.2) is 0 Å². The molecule has 0 spiro atoms. The number of amides is 1. The summed E-state index contributed by atoms with van der Waals surface area (Å²) in [5.74, 6) is 1.88. The molecule has 166 valence electrons. The number of carbonyl (C=O) groups is 1. The van der Waals surface area contributed by atoms with E-state index in [2.05, 4.69) is 30.9 Å². The van der Waals surface area contributed by atoms with Crippen molar-refractivity contribution in [3.05, 3.63) is 60.2 Å². The van der Waals surface area contributed by atoms with E-state index in [1.54, 1.807) is 19.2 Å².